The molecule has 20 heavy (non-hydrogen) atoms. The number of benzene rings is 1. The number of hydrogen-bond donors (Lipinski definition) is 1. The van der Waals surface area contributed by atoms with Crippen LogP contribution >= 0.6 is 7.60 Å². The molecule has 6 nitrogen and oxygen atoms in total. The molecule has 0 aliphatic heterocycles. The van der Waals surface area contributed by atoms with E-state index in [0.717, 1.165) is 0 Å². The first kappa shape index (κ1) is 17.0. The first-order chi connectivity index (χ1) is 9.52. The second kappa shape index (κ2) is 7.64. The van der Waals surface area contributed by atoms with Gasteiger partial charge in [0.05, 0.1) is 27.4 Å². The van der Waals surface area contributed by atoms with E-state index in [2.05, 4.69) is 0 Å². The molecule has 0 aliphatic rings. The summed E-state index contributed by atoms with van der Waals surface area (Å²) in [5, 5.41) is 0. The predicted molar refractivity (Wildman–Crippen MR) is 77.3 cm³/mol. The predicted octanol–water partition coefficient (Wildman–Crippen LogP) is 2.93. The van der Waals surface area contributed by atoms with Crippen molar-refractivity contribution in [3.63, 3.8) is 0 Å². The molecule has 0 amide bonds. The lowest BCUT2D eigenvalue weighted by Crippen LogP contribution is -2.16. The second-order valence-corrected chi connectivity index (χ2v) is 6.08. The quantitative estimate of drug-likeness (QED) is 0.744. The van der Waals surface area contributed by atoms with Crippen LogP contribution in [0.25, 0.3) is 0 Å². The van der Waals surface area contributed by atoms with Crippen molar-refractivity contribution in [3.05, 3.63) is 23.8 Å². The Labute approximate surface area is 119 Å². The van der Waals surface area contributed by atoms with Gasteiger partial charge in [0, 0.05) is 5.56 Å². The van der Waals surface area contributed by atoms with E-state index in [9.17, 15) is 4.57 Å². The highest BCUT2D eigenvalue weighted by Gasteiger charge is 2.35. The van der Waals surface area contributed by atoms with Crippen LogP contribution in [0.2, 0.25) is 0 Å². The van der Waals surface area contributed by atoms with E-state index >= 15 is 0 Å². The average molecular weight is 303 g/mol. The molecule has 0 aliphatic carbocycles. The Morgan fingerprint density at radius 2 is 1.75 bits per heavy atom. The lowest BCUT2D eigenvalue weighted by Gasteiger charge is -2.24. The van der Waals surface area contributed by atoms with Crippen molar-refractivity contribution in [3.8, 4) is 11.5 Å². The smallest absolute Gasteiger partial charge is 0.351 e. The van der Waals surface area contributed by atoms with Gasteiger partial charge in [-0.05, 0) is 32.0 Å². The summed E-state index contributed by atoms with van der Waals surface area (Å²) < 4.78 is 33.7. The number of nitrogens with two attached hydrogens (primary N) is 1. The summed E-state index contributed by atoms with van der Waals surface area (Å²) in [5.41, 5.74) is 6.62. The van der Waals surface area contributed by atoms with Crippen molar-refractivity contribution in [1.29, 1.82) is 0 Å². The molecule has 1 aromatic rings. The zero-order chi connectivity index (χ0) is 15.2. The van der Waals surface area contributed by atoms with Crippen LogP contribution in [0.5, 0.6) is 11.5 Å². The van der Waals surface area contributed by atoms with Crippen molar-refractivity contribution in [2.75, 3.05) is 27.4 Å². The van der Waals surface area contributed by atoms with Crippen molar-refractivity contribution >= 4 is 7.60 Å². The molecule has 7 heteroatoms. The summed E-state index contributed by atoms with van der Waals surface area (Å²) in [6.45, 7) is 3.97. The average Bonchev–Trinajstić information content (AvgIpc) is 2.46. The molecular weight excluding hydrogens is 281 g/mol. The van der Waals surface area contributed by atoms with Gasteiger partial charge >= 0.3 is 7.60 Å². The van der Waals surface area contributed by atoms with Gasteiger partial charge in [0.1, 0.15) is 17.3 Å². The zero-order valence-electron chi connectivity index (χ0n) is 12.3. The summed E-state index contributed by atoms with van der Waals surface area (Å²) in [7, 11) is -0.399. The Balaban J connectivity index is 3.22. The van der Waals surface area contributed by atoms with Gasteiger partial charge in [-0.15, -0.1) is 0 Å². The maximum absolute atomic E-state index is 12.7. The summed E-state index contributed by atoms with van der Waals surface area (Å²) in [6, 6.07) is 5.12. The van der Waals surface area contributed by atoms with Gasteiger partial charge in [0.15, 0.2) is 0 Å². The lowest BCUT2D eigenvalue weighted by atomic mass is 10.2. The Hall–Kier alpha value is -1.07. The summed E-state index contributed by atoms with van der Waals surface area (Å²) in [6.07, 6.45) is 0. The molecule has 0 saturated heterocycles. The van der Waals surface area contributed by atoms with Crippen LogP contribution in [0.3, 0.4) is 0 Å². The number of hydrogen-bond acceptors (Lipinski definition) is 6. The van der Waals surface area contributed by atoms with Gasteiger partial charge in [0.2, 0.25) is 0 Å². The van der Waals surface area contributed by atoms with E-state index in [1.54, 1.807) is 39.2 Å². The minimum absolute atomic E-state index is 0.247. The highest BCUT2D eigenvalue weighted by molar-refractivity contribution is 7.54. The number of rotatable bonds is 8. The zero-order valence-corrected chi connectivity index (χ0v) is 13.2. The molecule has 2 N–H and O–H groups in total. The maximum Gasteiger partial charge on any atom is 0.351 e. The van der Waals surface area contributed by atoms with Gasteiger partial charge in [-0.2, -0.15) is 0 Å². The van der Waals surface area contributed by atoms with Gasteiger partial charge < -0.3 is 24.3 Å². The van der Waals surface area contributed by atoms with Crippen LogP contribution in [-0.2, 0) is 13.6 Å². The molecule has 0 bridgehead atoms. The molecule has 0 fully saturated rings. The minimum Gasteiger partial charge on any atom is -0.497 e. The number of methoxy groups -OCH3 is 2. The fraction of sp³-hybridized carbons (Fsp3) is 0.538. The molecule has 0 aromatic heterocycles. The summed E-state index contributed by atoms with van der Waals surface area (Å²) >= 11 is 0. The van der Waals surface area contributed by atoms with Crippen molar-refractivity contribution in [2.24, 2.45) is 5.73 Å². The fourth-order valence-electron chi connectivity index (χ4n) is 1.80. The van der Waals surface area contributed by atoms with Gasteiger partial charge in [0.25, 0.3) is 0 Å². The molecule has 1 atom stereocenters. The van der Waals surface area contributed by atoms with Crippen molar-refractivity contribution < 1.29 is 23.1 Å². The molecule has 0 saturated carbocycles. The summed E-state index contributed by atoms with van der Waals surface area (Å²) in [5.74, 6) is 0.168. The third kappa shape index (κ3) is 3.73. The Morgan fingerprint density at radius 1 is 1.15 bits per heavy atom. The lowest BCUT2D eigenvalue weighted by molar-refractivity contribution is 0.212. The summed E-state index contributed by atoms with van der Waals surface area (Å²) in [4.78, 5) is 0. The van der Waals surface area contributed by atoms with E-state index in [0.29, 0.717) is 17.1 Å². The molecule has 1 aromatic carbocycles. The van der Waals surface area contributed by atoms with Crippen LogP contribution in [0.15, 0.2) is 18.2 Å². The van der Waals surface area contributed by atoms with E-state index in [1.807, 2.05) is 0 Å². The first-order valence-corrected chi connectivity index (χ1v) is 7.99. The third-order valence-corrected chi connectivity index (χ3v) is 4.91. The van der Waals surface area contributed by atoms with E-state index < -0.39 is 13.4 Å². The van der Waals surface area contributed by atoms with Crippen molar-refractivity contribution in [1.82, 2.24) is 0 Å². The molecule has 0 spiro atoms. The van der Waals surface area contributed by atoms with Crippen molar-refractivity contribution in [2.45, 2.75) is 19.6 Å². The van der Waals surface area contributed by atoms with E-state index in [1.165, 1.54) is 7.11 Å². The van der Waals surface area contributed by atoms with Crippen LogP contribution < -0.4 is 15.2 Å². The van der Waals surface area contributed by atoms with Crippen LogP contribution in [0.1, 0.15) is 25.2 Å². The van der Waals surface area contributed by atoms with Gasteiger partial charge in [-0.1, -0.05) is 0 Å². The highest BCUT2D eigenvalue weighted by Crippen LogP contribution is 2.59. The fourth-order valence-corrected chi connectivity index (χ4v) is 3.46. The minimum atomic E-state index is -3.46. The SMILES string of the molecule is CCOP(=O)(OCC)[C@@H](N)c1cc(OC)ccc1OC. The standard InChI is InChI=1S/C13H22NO5P/c1-5-18-20(15,19-6-2)13(14)11-9-10(16-3)7-8-12(11)17-4/h7-9,13H,5-6,14H2,1-4H3/t13-/m1/s1. The van der Waals surface area contributed by atoms with Gasteiger partial charge in [-0.25, -0.2) is 0 Å². The molecule has 114 valence electrons. The molecule has 0 radical (unpaired) electrons. The number of ether oxygens (including phenoxy) is 2. The molecule has 0 unspecified atom stereocenters. The van der Waals surface area contributed by atoms with E-state index in [-0.39, 0.29) is 13.2 Å². The Bertz CT molecular complexity index is 470. The topological polar surface area (TPSA) is 80.0 Å². The van der Waals surface area contributed by atoms with Crippen LogP contribution in [-0.4, -0.2) is 27.4 Å². The highest BCUT2D eigenvalue weighted by atomic mass is 31.2. The monoisotopic (exact) mass is 303 g/mol. The molecular formula is C13H22NO5P. The second-order valence-electron chi connectivity index (χ2n) is 3.93. The third-order valence-electron chi connectivity index (χ3n) is 2.71. The Morgan fingerprint density at radius 3 is 2.20 bits per heavy atom. The van der Waals surface area contributed by atoms with Crippen LogP contribution in [0, 0.1) is 0 Å². The normalized spacial score (nSPS) is 13.1. The first-order valence-electron chi connectivity index (χ1n) is 6.38. The largest absolute Gasteiger partial charge is 0.497 e. The molecule has 0 heterocycles. The van der Waals surface area contributed by atoms with Crippen LogP contribution in [0.4, 0.5) is 0 Å². The maximum atomic E-state index is 12.7. The van der Waals surface area contributed by atoms with E-state index in [4.69, 9.17) is 24.3 Å². The van der Waals surface area contributed by atoms with Gasteiger partial charge in [-0.3, -0.25) is 4.57 Å². The molecule has 1 rings (SSSR count). The Kier molecular flexibility index (Phi) is 6.49.